The summed E-state index contributed by atoms with van der Waals surface area (Å²) < 4.78 is 2.29. The molecule has 0 saturated heterocycles. The highest BCUT2D eigenvalue weighted by Crippen LogP contribution is 2.35. The zero-order valence-corrected chi connectivity index (χ0v) is 12.0. The van der Waals surface area contributed by atoms with Gasteiger partial charge in [-0.25, -0.2) is 4.57 Å². The third kappa shape index (κ3) is 1.99. The molecule has 0 atom stereocenters. The summed E-state index contributed by atoms with van der Waals surface area (Å²) in [7, 11) is 0. The van der Waals surface area contributed by atoms with Crippen LogP contribution in [0.2, 0.25) is 0 Å². The lowest BCUT2D eigenvalue weighted by molar-refractivity contribution is -0.726. The number of thioether (sulfide) groups is 1. The first-order chi connectivity index (χ1) is 8.93. The Labute approximate surface area is 122 Å². The Morgan fingerprint density at radius 3 is 3.11 bits per heavy atom. The Morgan fingerprint density at radius 1 is 1.26 bits per heavy atom. The molecular weight excluding hydrogens is 278 g/mol. The summed E-state index contributed by atoms with van der Waals surface area (Å²) in [6.45, 7) is 2.08. The maximum Gasteiger partial charge on any atom is 0.287 e. The zero-order valence-electron chi connectivity index (χ0n) is 10.4. The summed E-state index contributed by atoms with van der Waals surface area (Å²) in [6, 6.07) is 8.47. The van der Waals surface area contributed by atoms with Gasteiger partial charge < -0.3 is 17.7 Å². The first-order valence-electron chi connectivity index (χ1n) is 6.31. The van der Waals surface area contributed by atoms with E-state index < -0.39 is 0 Å². The van der Waals surface area contributed by atoms with E-state index in [-0.39, 0.29) is 12.4 Å². The van der Waals surface area contributed by atoms with E-state index in [4.69, 9.17) is 4.98 Å². The van der Waals surface area contributed by atoms with E-state index in [1.54, 1.807) is 0 Å². The molecule has 0 spiro atoms. The van der Waals surface area contributed by atoms with Crippen molar-refractivity contribution in [2.75, 3.05) is 17.6 Å². The number of nitrogens with one attached hydrogen (secondary N) is 1. The Bertz CT molecular complexity index is 630. The van der Waals surface area contributed by atoms with E-state index in [0.717, 1.165) is 25.2 Å². The summed E-state index contributed by atoms with van der Waals surface area (Å²) in [5, 5.41) is 4.92. The van der Waals surface area contributed by atoms with Gasteiger partial charge in [0.05, 0.1) is 5.56 Å². The van der Waals surface area contributed by atoms with Gasteiger partial charge in [-0.15, -0.1) is 0 Å². The molecular formula is C14H14ClN3S. The van der Waals surface area contributed by atoms with Gasteiger partial charge in [0.1, 0.15) is 6.54 Å². The summed E-state index contributed by atoms with van der Waals surface area (Å²) in [4.78, 5) is 4.70. The molecule has 19 heavy (non-hydrogen) atoms. The van der Waals surface area contributed by atoms with Crippen molar-refractivity contribution in [1.29, 1.82) is 0 Å². The van der Waals surface area contributed by atoms with Crippen molar-refractivity contribution in [3.63, 3.8) is 0 Å². The number of halogens is 1. The first kappa shape index (κ1) is 12.8. The molecule has 0 unspecified atom stereocenters. The number of rotatable bonds is 0. The highest BCUT2D eigenvalue weighted by Gasteiger charge is 2.28. The predicted molar refractivity (Wildman–Crippen MR) is 72.8 cm³/mol. The molecule has 1 aromatic carbocycles. The van der Waals surface area contributed by atoms with E-state index in [2.05, 4.69) is 34.1 Å². The van der Waals surface area contributed by atoms with Gasteiger partial charge in [0.15, 0.2) is 10.7 Å². The van der Waals surface area contributed by atoms with Crippen LogP contribution in [0.25, 0.3) is 11.3 Å². The predicted octanol–water partition coefficient (Wildman–Crippen LogP) is -0.886. The lowest BCUT2D eigenvalue weighted by atomic mass is 10.1. The molecule has 2 aromatic rings. The number of fused-ring (bicyclic) bond motifs is 5. The number of nitrogens with zero attached hydrogens (tertiary/aromatic N) is 2. The number of aryl methyl sites for hydroxylation is 1. The molecule has 4 rings (SSSR count). The van der Waals surface area contributed by atoms with Crippen molar-refractivity contribution in [3.8, 4) is 11.3 Å². The minimum Gasteiger partial charge on any atom is -1.00 e. The van der Waals surface area contributed by atoms with Crippen LogP contribution in [-0.4, -0.2) is 17.3 Å². The van der Waals surface area contributed by atoms with Gasteiger partial charge in [-0.05, 0) is 23.5 Å². The molecule has 0 radical (unpaired) electrons. The standard InChI is InChI=1S/C14H13N3S.ClH/c1-2-4-12-10(3-1)13-11(5-6-15-12)14-17(9-16-13)7-8-18-14;/h1-4,9H,5-8H2;1H. The minimum absolute atomic E-state index is 0. The molecule has 98 valence electrons. The van der Waals surface area contributed by atoms with Crippen LogP contribution in [0, 0.1) is 0 Å². The lowest BCUT2D eigenvalue weighted by Gasteiger charge is -2.05. The molecule has 3 nitrogen and oxygen atoms in total. The van der Waals surface area contributed by atoms with Crippen molar-refractivity contribution < 1.29 is 17.0 Å². The smallest absolute Gasteiger partial charge is 0.287 e. The van der Waals surface area contributed by atoms with E-state index in [9.17, 15) is 0 Å². The lowest BCUT2D eigenvalue weighted by Crippen LogP contribution is -3.00. The van der Waals surface area contributed by atoms with Crippen LogP contribution in [0.5, 0.6) is 0 Å². The fraction of sp³-hybridized carbons (Fsp3) is 0.286. The van der Waals surface area contributed by atoms with Gasteiger partial charge in [-0.1, -0.05) is 23.9 Å². The quantitative estimate of drug-likeness (QED) is 0.505. The second kappa shape index (κ2) is 5.02. The largest absolute Gasteiger partial charge is 1.00 e. The normalized spacial score (nSPS) is 15.4. The maximum atomic E-state index is 4.70. The van der Waals surface area contributed by atoms with Crippen molar-refractivity contribution >= 4 is 17.4 Å². The van der Waals surface area contributed by atoms with Crippen LogP contribution in [-0.2, 0) is 13.0 Å². The van der Waals surface area contributed by atoms with E-state index in [0.29, 0.717) is 0 Å². The number of para-hydroxylation sites is 1. The molecule has 2 aliphatic heterocycles. The van der Waals surface area contributed by atoms with Crippen molar-refractivity contribution in [1.82, 2.24) is 4.98 Å². The second-order valence-corrected chi connectivity index (χ2v) is 5.72. The number of hydrogen-bond acceptors (Lipinski definition) is 3. The van der Waals surface area contributed by atoms with Gasteiger partial charge in [0.2, 0.25) is 0 Å². The molecule has 3 heterocycles. The highest BCUT2D eigenvalue weighted by molar-refractivity contribution is 7.99. The van der Waals surface area contributed by atoms with Crippen LogP contribution in [0.4, 0.5) is 5.69 Å². The van der Waals surface area contributed by atoms with E-state index in [1.807, 2.05) is 18.1 Å². The van der Waals surface area contributed by atoms with Crippen LogP contribution in [0.3, 0.4) is 0 Å². The highest BCUT2D eigenvalue weighted by atomic mass is 35.5. The topological polar surface area (TPSA) is 28.8 Å². The third-order valence-electron chi connectivity index (χ3n) is 3.57. The average molecular weight is 292 g/mol. The average Bonchev–Trinajstić information content (AvgIpc) is 2.80. The van der Waals surface area contributed by atoms with Gasteiger partial charge in [0, 0.05) is 23.5 Å². The molecule has 0 amide bonds. The molecule has 2 aliphatic rings. The van der Waals surface area contributed by atoms with Gasteiger partial charge in [0.25, 0.3) is 6.33 Å². The van der Waals surface area contributed by atoms with Gasteiger partial charge in [-0.2, -0.15) is 0 Å². The van der Waals surface area contributed by atoms with Crippen molar-refractivity contribution in [3.05, 3.63) is 36.2 Å². The summed E-state index contributed by atoms with van der Waals surface area (Å²) in [6.07, 6.45) is 3.05. The van der Waals surface area contributed by atoms with E-state index in [1.165, 1.54) is 27.6 Å². The fourth-order valence-corrected chi connectivity index (χ4v) is 3.88. The Kier molecular flexibility index (Phi) is 3.37. The van der Waals surface area contributed by atoms with Gasteiger partial charge in [-0.3, -0.25) is 0 Å². The SMILES string of the molecule is [Cl-].c1ccc2c(c1)NCCc1c-2nc[n+]2c1SCC2. The maximum absolute atomic E-state index is 4.70. The van der Waals surface area contributed by atoms with Crippen molar-refractivity contribution in [2.24, 2.45) is 0 Å². The molecule has 0 fully saturated rings. The molecule has 0 bridgehead atoms. The van der Waals surface area contributed by atoms with Gasteiger partial charge >= 0.3 is 0 Å². The van der Waals surface area contributed by atoms with E-state index >= 15 is 0 Å². The number of benzene rings is 1. The Balaban J connectivity index is 0.00000110. The zero-order chi connectivity index (χ0) is 11.9. The fourth-order valence-electron chi connectivity index (χ4n) is 2.73. The monoisotopic (exact) mass is 291 g/mol. The van der Waals surface area contributed by atoms with Crippen LogP contribution in [0.15, 0.2) is 35.6 Å². The van der Waals surface area contributed by atoms with Crippen LogP contribution >= 0.6 is 11.8 Å². The molecule has 0 saturated carbocycles. The first-order valence-corrected chi connectivity index (χ1v) is 7.29. The molecule has 1 aromatic heterocycles. The third-order valence-corrected chi connectivity index (χ3v) is 4.72. The second-order valence-electron chi connectivity index (χ2n) is 4.64. The molecule has 1 N–H and O–H groups in total. The van der Waals surface area contributed by atoms with Crippen LogP contribution in [0.1, 0.15) is 5.56 Å². The summed E-state index contributed by atoms with van der Waals surface area (Å²) >= 11 is 1.96. The molecule has 0 aliphatic carbocycles. The summed E-state index contributed by atoms with van der Waals surface area (Å²) in [5.74, 6) is 1.17. The minimum atomic E-state index is 0. The number of anilines is 1. The number of aromatic nitrogens is 2. The Hall–Kier alpha value is -1.26. The number of hydrogen-bond donors (Lipinski definition) is 1. The van der Waals surface area contributed by atoms with Crippen LogP contribution < -0.4 is 22.3 Å². The molecule has 5 heteroatoms. The Morgan fingerprint density at radius 2 is 2.16 bits per heavy atom. The van der Waals surface area contributed by atoms with Crippen molar-refractivity contribution in [2.45, 2.75) is 18.0 Å². The summed E-state index contributed by atoms with van der Waals surface area (Å²) in [5.41, 5.74) is 5.02.